The predicted octanol–water partition coefficient (Wildman–Crippen LogP) is 7.84. The van der Waals surface area contributed by atoms with Crippen LogP contribution >= 0.6 is 0 Å². The summed E-state index contributed by atoms with van der Waals surface area (Å²) in [5.41, 5.74) is 3.48. The van der Waals surface area contributed by atoms with Crippen molar-refractivity contribution in [2.24, 2.45) is 5.92 Å². The zero-order chi connectivity index (χ0) is 21.2. The number of halogens is 1. The van der Waals surface area contributed by atoms with Crippen molar-refractivity contribution in [2.75, 3.05) is 0 Å². The predicted molar refractivity (Wildman–Crippen MR) is 125 cm³/mol. The summed E-state index contributed by atoms with van der Waals surface area (Å²) in [5.74, 6) is 13.4. The lowest BCUT2D eigenvalue weighted by Crippen LogP contribution is -2.13. The van der Waals surface area contributed by atoms with Gasteiger partial charge in [0.25, 0.3) is 0 Å². The van der Waals surface area contributed by atoms with Gasteiger partial charge >= 0.3 is 0 Å². The van der Waals surface area contributed by atoms with Crippen LogP contribution in [0.2, 0.25) is 0 Å². The molecule has 0 amide bonds. The first kappa shape index (κ1) is 22.2. The van der Waals surface area contributed by atoms with E-state index in [2.05, 4.69) is 36.7 Å². The minimum Gasteiger partial charge on any atom is -0.206 e. The van der Waals surface area contributed by atoms with Gasteiger partial charge < -0.3 is 0 Å². The van der Waals surface area contributed by atoms with Gasteiger partial charge in [-0.3, -0.25) is 0 Å². The fourth-order valence-electron chi connectivity index (χ4n) is 4.32. The third-order valence-corrected chi connectivity index (χ3v) is 6.16. The molecule has 1 aliphatic carbocycles. The molecule has 0 spiro atoms. The Balaban J connectivity index is 1.59. The summed E-state index contributed by atoms with van der Waals surface area (Å²) in [5, 5.41) is 0. The van der Waals surface area contributed by atoms with E-state index in [1.807, 2.05) is 37.3 Å². The molecule has 0 N–H and O–H groups in total. The van der Waals surface area contributed by atoms with Crippen molar-refractivity contribution in [1.82, 2.24) is 0 Å². The summed E-state index contributed by atoms with van der Waals surface area (Å²) in [6, 6.07) is 13.5. The lowest BCUT2D eigenvalue weighted by molar-refractivity contribution is 0.302. The summed E-state index contributed by atoms with van der Waals surface area (Å²) in [6.07, 6.45) is 11.2. The SMILES string of the molecule is CCC#Cc1ccc(C#Cc2ccc([C@H]3CC[C@H](CCCCC)CC3)cc2F)cc1. The average Bonchev–Trinajstić information content (AvgIpc) is 2.78. The highest BCUT2D eigenvalue weighted by Gasteiger charge is 2.22. The van der Waals surface area contributed by atoms with Gasteiger partial charge in [-0.1, -0.05) is 69.3 Å². The van der Waals surface area contributed by atoms with E-state index in [0.717, 1.165) is 29.0 Å². The molecule has 1 heteroatoms. The molecule has 0 heterocycles. The van der Waals surface area contributed by atoms with E-state index in [1.54, 1.807) is 6.07 Å². The van der Waals surface area contributed by atoms with Crippen LogP contribution in [0.5, 0.6) is 0 Å². The largest absolute Gasteiger partial charge is 0.206 e. The number of hydrogen-bond acceptors (Lipinski definition) is 0. The standard InChI is InChI=1S/C29H33F/c1-3-5-7-9-24-14-17-26(18-15-24)28-21-20-27(29(30)22-28)19-16-25-12-10-23(11-13-25)8-6-4-2/h10-13,20-22,24,26H,3-5,7,9,14-15,17-18H2,1-2H3/t24-,26-. The van der Waals surface area contributed by atoms with Crippen LogP contribution in [0.15, 0.2) is 42.5 Å². The second-order valence-electron chi connectivity index (χ2n) is 8.44. The monoisotopic (exact) mass is 400 g/mol. The molecule has 30 heavy (non-hydrogen) atoms. The summed E-state index contributed by atoms with van der Waals surface area (Å²) in [6.45, 7) is 4.30. The Morgan fingerprint density at radius 3 is 2.17 bits per heavy atom. The van der Waals surface area contributed by atoms with E-state index < -0.39 is 0 Å². The zero-order valence-electron chi connectivity index (χ0n) is 18.4. The summed E-state index contributed by atoms with van der Waals surface area (Å²) >= 11 is 0. The number of benzene rings is 2. The lowest BCUT2D eigenvalue weighted by Gasteiger charge is -2.29. The third-order valence-electron chi connectivity index (χ3n) is 6.16. The van der Waals surface area contributed by atoms with E-state index in [1.165, 1.54) is 51.4 Å². The van der Waals surface area contributed by atoms with Gasteiger partial charge in [0, 0.05) is 17.5 Å². The highest BCUT2D eigenvalue weighted by Crippen LogP contribution is 2.38. The molecule has 0 radical (unpaired) electrons. The second-order valence-corrected chi connectivity index (χ2v) is 8.44. The maximum Gasteiger partial charge on any atom is 0.139 e. The minimum atomic E-state index is -0.199. The van der Waals surface area contributed by atoms with E-state index in [9.17, 15) is 4.39 Å². The molecule has 0 bridgehead atoms. The first-order valence-electron chi connectivity index (χ1n) is 11.6. The van der Waals surface area contributed by atoms with Crippen LogP contribution in [0.4, 0.5) is 4.39 Å². The summed E-state index contributed by atoms with van der Waals surface area (Å²) in [4.78, 5) is 0. The third kappa shape index (κ3) is 6.50. The molecule has 3 rings (SSSR count). The van der Waals surface area contributed by atoms with Crippen LogP contribution in [-0.2, 0) is 0 Å². The Labute approximate surface area is 182 Å². The second kappa shape index (κ2) is 11.6. The maximum absolute atomic E-state index is 14.7. The van der Waals surface area contributed by atoms with Crippen LogP contribution in [0.3, 0.4) is 0 Å². The van der Waals surface area contributed by atoms with Gasteiger partial charge in [-0.25, -0.2) is 4.39 Å². The molecular formula is C29H33F. The molecule has 0 atom stereocenters. The molecule has 1 saturated carbocycles. The number of rotatable bonds is 5. The molecule has 2 aromatic carbocycles. The zero-order valence-corrected chi connectivity index (χ0v) is 18.4. The summed E-state index contributed by atoms with van der Waals surface area (Å²) in [7, 11) is 0. The van der Waals surface area contributed by atoms with Crippen LogP contribution in [-0.4, -0.2) is 0 Å². The fraction of sp³-hybridized carbons (Fsp3) is 0.448. The minimum absolute atomic E-state index is 0.199. The highest BCUT2D eigenvalue weighted by atomic mass is 19.1. The van der Waals surface area contributed by atoms with Crippen molar-refractivity contribution in [3.63, 3.8) is 0 Å². The van der Waals surface area contributed by atoms with Crippen molar-refractivity contribution in [2.45, 2.75) is 77.6 Å². The van der Waals surface area contributed by atoms with Crippen molar-refractivity contribution >= 4 is 0 Å². The molecule has 0 nitrogen and oxygen atoms in total. The van der Waals surface area contributed by atoms with Crippen LogP contribution < -0.4 is 0 Å². The van der Waals surface area contributed by atoms with E-state index in [4.69, 9.17) is 0 Å². The molecule has 0 aliphatic heterocycles. The molecule has 1 aliphatic rings. The van der Waals surface area contributed by atoms with E-state index in [0.29, 0.717) is 11.5 Å². The lowest BCUT2D eigenvalue weighted by atomic mass is 9.77. The first-order chi connectivity index (χ1) is 14.7. The molecule has 0 unspecified atom stereocenters. The molecule has 1 fully saturated rings. The van der Waals surface area contributed by atoms with E-state index in [-0.39, 0.29) is 5.82 Å². The summed E-state index contributed by atoms with van der Waals surface area (Å²) < 4.78 is 14.7. The van der Waals surface area contributed by atoms with Gasteiger partial charge in [-0.05, 0) is 79.5 Å². The quantitative estimate of drug-likeness (QED) is 0.354. The Morgan fingerprint density at radius 2 is 1.53 bits per heavy atom. The van der Waals surface area contributed by atoms with Gasteiger partial charge in [0.1, 0.15) is 5.82 Å². The highest BCUT2D eigenvalue weighted by molar-refractivity contribution is 5.46. The van der Waals surface area contributed by atoms with Crippen LogP contribution in [0.25, 0.3) is 0 Å². The van der Waals surface area contributed by atoms with Gasteiger partial charge in [-0.15, -0.1) is 0 Å². The number of hydrogen-bond donors (Lipinski definition) is 0. The van der Waals surface area contributed by atoms with Gasteiger partial charge in [0.2, 0.25) is 0 Å². The average molecular weight is 401 g/mol. The topological polar surface area (TPSA) is 0 Å². The van der Waals surface area contributed by atoms with E-state index >= 15 is 0 Å². The fourth-order valence-corrected chi connectivity index (χ4v) is 4.32. The molecule has 156 valence electrons. The molecule has 2 aromatic rings. The van der Waals surface area contributed by atoms with Gasteiger partial charge in [-0.2, -0.15) is 0 Å². The molecule has 0 aromatic heterocycles. The number of unbranched alkanes of at least 4 members (excludes halogenated alkanes) is 2. The van der Waals surface area contributed by atoms with Gasteiger partial charge in [0.05, 0.1) is 5.56 Å². The Bertz CT molecular complexity index is 922. The normalized spacial score (nSPS) is 18.1. The van der Waals surface area contributed by atoms with Crippen molar-refractivity contribution in [3.05, 3.63) is 70.5 Å². The van der Waals surface area contributed by atoms with Crippen molar-refractivity contribution in [3.8, 4) is 23.7 Å². The first-order valence-corrected chi connectivity index (χ1v) is 11.6. The van der Waals surface area contributed by atoms with Crippen molar-refractivity contribution in [1.29, 1.82) is 0 Å². The maximum atomic E-state index is 14.7. The van der Waals surface area contributed by atoms with Gasteiger partial charge in [0.15, 0.2) is 0 Å². The van der Waals surface area contributed by atoms with Crippen molar-refractivity contribution < 1.29 is 4.39 Å². The smallest absolute Gasteiger partial charge is 0.139 e. The Morgan fingerprint density at radius 1 is 0.833 bits per heavy atom. The Hall–Kier alpha value is -2.51. The van der Waals surface area contributed by atoms with Crippen LogP contribution in [0, 0.1) is 35.4 Å². The molecular weight excluding hydrogens is 367 g/mol. The molecule has 0 saturated heterocycles. The Kier molecular flexibility index (Phi) is 8.59. The van der Waals surface area contributed by atoms with Crippen LogP contribution in [0.1, 0.15) is 99.8 Å².